The summed E-state index contributed by atoms with van der Waals surface area (Å²) in [7, 11) is 2.46. The number of aliphatic hydroxyl groups excluding tert-OH is 5. The summed E-state index contributed by atoms with van der Waals surface area (Å²) < 4.78 is 34.0. The first kappa shape index (κ1) is 30.9. The van der Waals surface area contributed by atoms with Crippen LogP contribution in [0.25, 0.3) is 22.3 Å². The summed E-state index contributed by atoms with van der Waals surface area (Å²) in [6, 6.07) is 6.90. The average molecular weight is 609 g/mol. The zero-order chi connectivity index (χ0) is 31.2. The van der Waals surface area contributed by atoms with Crippen molar-refractivity contribution in [3.63, 3.8) is 0 Å². The molecule has 2 fully saturated rings. The summed E-state index contributed by atoms with van der Waals surface area (Å²) in [5.41, 5.74) is -2.90. The van der Waals surface area contributed by atoms with E-state index in [1.54, 1.807) is 0 Å². The number of aromatic hydroxyl groups is 2. The van der Waals surface area contributed by atoms with Crippen LogP contribution in [0.5, 0.6) is 23.0 Å². The molecule has 15 heteroatoms. The second-order valence-corrected chi connectivity index (χ2v) is 10.3. The second kappa shape index (κ2) is 11.9. The van der Waals surface area contributed by atoms with Crippen LogP contribution in [0.3, 0.4) is 0 Å². The molecule has 5 rings (SSSR count). The van der Waals surface area contributed by atoms with E-state index in [1.807, 2.05) is 0 Å². The van der Waals surface area contributed by atoms with Crippen molar-refractivity contribution in [1.82, 2.24) is 0 Å². The Morgan fingerprint density at radius 3 is 2.26 bits per heavy atom. The van der Waals surface area contributed by atoms with E-state index < -0.39 is 79.5 Å². The molecule has 3 aromatic rings. The van der Waals surface area contributed by atoms with Crippen molar-refractivity contribution in [1.29, 1.82) is 0 Å². The Hall–Kier alpha value is -3.51. The number of fused-ring (bicyclic) bond motifs is 1. The van der Waals surface area contributed by atoms with Crippen LogP contribution in [0.1, 0.15) is 11.7 Å². The molecular weight excluding hydrogens is 576 g/mol. The molecule has 1 aromatic heterocycles. The smallest absolute Gasteiger partial charge is 0.205 e. The van der Waals surface area contributed by atoms with Crippen LogP contribution in [0.4, 0.5) is 0 Å². The Morgan fingerprint density at radius 2 is 1.67 bits per heavy atom. The van der Waals surface area contributed by atoms with Crippen LogP contribution >= 0.6 is 0 Å². The van der Waals surface area contributed by atoms with Gasteiger partial charge in [0, 0.05) is 11.6 Å². The largest absolute Gasteiger partial charge is 0.508 e. The minimum absolute atomic E-state index is 0.0114. The highest BCUT2D eigenvalue weighted by molar-refractivity contribution is 5.94. The Balaban J connectivity index is 1.69. The number of phenols is 2. The fourth-order valence-electron chi connectivity index (χ4n) is 5.30. The quantitative estimate of drug-likeness (QED) is 0.151. The Labute approximate surface area is 243 Å². The lowest BCUT2D eigenvalue weighted by Gasteiger charge is -2.43. The van der Waals surface area contributed by atoms with Crippen LogP contribution in [-0.4, -0.2) is 117 Å². The molecule has 2 aliphatic heterocycles. The first-order valence-corrected chi connectivity index (χ1v) is 13.1. The minimum Gasteiger partial charge on any atom is -0.508 e. The standard InChI is InChI=1S/C28H32O15/c1-38-21-17(19(34)16-13(32)7-14(41-22(16)25(21)39-2)11-3-5-12(31)6-4-11)23-24(20(35)18(33)15(8-29)42-23)43-27-26(36)28(37,9-30)10-40-27/h3-7,15,18,20,23-24,26-27,29-31,33-37H,8-10H2,1-2H3/t15-,18+,20+,23+,24+,26+,27+,28-/m1/s1. The maximum Gasteiger partial charge on any atom is 0.205 e. The van der Waals surface area contributed by atoms with Crippen LogP contribution in [0, 0.1) is 0 Å². The van der Waals surface area contributed by atoms with Gasteiger partial charge in [0.15, 0.2) is 23.1 Å². The van der Waals surface area contributed by atoms with Gasteiger partial charge in [0.2, 0.25) is 5.75 Å². The van der Waals surface area contributed by atoms with Gasteiger partial charge in [-0.05, 0) is 24.3 Å². The summed E-state index contributed by atoms with van der Waals surface area (Å²) in [4.78, 5) is 13.4. The van der Waals surface area contributed by atoms with Gasteiger partial charge in [-0.3, -0.25) is 4.79 Å². The van der Waals surface area contributed by atoms with Gasteiger partial charge in [-0.1, -0.05) is 0 Å². The lowest BCUT2D eigenvalue weighted by molar-refractivity contribution is -0.287. The number of methoxy groups -OCH3 is 2. The first-order valence-electron chi connectivity index (χ1n) is 13.1. The van der Waals surface area contributed by atoms with Crippen LogP contribution in [0.2, 0.25) is 0 Å². The van der Waals surface area contributed by atoms with Crippen LogP contribution in [-0.2, 0) is 14.2 Å². The van der Waals surface area contributed by atoms with Crippen molar-refractivity contribution in [3.8, 4) is 34.3 Å². The topological polar surface area (TPSA) is 238 Å². The monoisotopic (exact) mass is 608 g/mol. The summed E-state index contributed by atoms with van der Waals surface area (Å²) in [5.74, 6) is -1.06. The van der Waals surface area contributed by atoms with E-state index in [4.69, 9.17) is 28.1 Å². The molecule has 8 N–H and O–H groups in total. The molecule has 43 heavy (non-hydrogen) atoms. The number of phenolic OH excluding ortho intramolecular Hbond substituents is 2. The van der Waals surface area contributed by atoms with E-state index in [0.29, 0.717) is 5.56 Å². The Kier molecular flexibility index (Phi) is 8.54. The van der Waals surface area contributed by atoms with Gasteiger partial charge < -0.3 is 69.0 Å². The molecule has 0 saturated carbocycles. The predicted molar refractivity (Wildman–Crippen MR) is 144 cm³/mol. The third kappa shape index (κ3) is 5.18. The molecule has 0 spiro atoms. The number of rotatable bonds is 8. The Morgan fingerprint density at radius 1 is 1.00 bits per heavy atom. The molecule has 0 radical (unpaired) electrons. The van der Waals surface area contributed by atoms with Crippen molar-refractivity contribution in [3.05, 3.63) is 46.1 Å². The molecule has 0 aliphatic carbocycles. The zero-order valence-electron chi connectivity index (χ0n) is 23.0. The van der Waals surface area contributed by atoms with Gasteiger partial charge in [-0.25, -0.2) is 0 Å². The fraction of sp³-hybridized carbons (Fsp3) is 0.464. The third-order valence-electron chi connectivity index (χ3n) is 7.68. The maximum absolute atomic E-state index is 13.4. The molecule has 2 aliphatic rings. The van der Waals surface area contributed by atoms with E-state index in [0.717, 1.165) is 6.07 Å². The lowest BCUT2D eigenvalue weighted by Crippen LogP contribution is -2.58. The van der Waals surface area contributed by atoms with Crippen LogP contribution in [0.15, 0.2) is 39.5 Å². The molecule has 0 unspecified atom stereocenters. The molecule has 15 nitrogen and oxygen atoms in total. The fourth-order valence-corrected chi connectivity index (χ4v) is 5.30. The summed E-state index contributed by atoms with van der Waals surface area (Å²) >= 11 is 0. The molecule has 0 amide bonds. The first-order chi connectivity index (χ1) is 20.5. The summed E-state index contributed by atoms with van der Waals surface area (Å²) in [5, 5.41) is 82.8. The van der Waals surface area contributed by atoms with Crippen LogP contribution < -0.4 is 14.9 Å². The van der Waals surface area contributed by atoms with Gasteiger partial charge in [0.25, 0.3) is 0 Å². The van der Waals surface area contributed by atoms with Crippen molar-refractivity contribution in [2.24, 2.45) is 0 Å². The van der Waals surface area contributed by atoms with Gasteiger partial charge in [-0.15, -0.1) is 0 Å². The average Bonchev–Trinajstić information content (AvgIpc) is 3.28. The van der Waals surface area contributed by atoms with Crippen molar-refractivity contribution >= 4 is 11.0 Å². The Bertz CT molecular complexity index is 1520. The number of benzene rings is 2. The van der Waals surface area contributed by atoms with E-state index in [2.05, 4.69) is 0 Å². The number of ether oxygens (including phenoxy) is 5. The van der Waals surface area contributed by atoms with Gasteiger partial charge in [0.1, 0.15) is 64.9 Å². The second-order valence-electron chi connectivity index (χ2n) is 10.3. The molecule has 2 saturated heterocycles. The summed E-state index contributed by atoms with van der Waals surface area (Å²) in [6.45, 7) is -2.19. The molecular formula is C28H32O15. The van der Waals surface area contributed by atoms with E-state index in [1.165, 1.54) is 38.5 Å². The number of hydrogen-bond donors (Lipinski definition) is 8. The van der Waals surface area contributed by atoms with E-state index >= 15 is 0 Å². The highest BCUT2D eigenvalue weighted by atomic mass is 16.7. The zero-order valence-corrected chi connectivity index (χ0v) is 23.0. The van der Waals surface area contributed by atoms with Crippen molar-refractivity contribution in [2.45, 2.75) is 48.5 Å². The molecule has 3 heterocycles. The summed E-state index contributed by atoms with van der Waals surface area (Å²) in [6.07, 6.45) is -11.7. The molecule has 0 bridgehead atoms. The number of aliphatic hydroxyl groups is 6. The number of hydrogen-bond acceptors (Lipinski definition) is 15. The van der Waals surface area contributed by atoms with Gasteiger partial charge >= 0.3 is 0 Å². The molecule has 2 aromatic carbocycles. The third-order valence-corrected chi connectivity index (χ3v) is 7.68. The maximum atomic E-state index is 13.4. The van der Waals surface area contributed by atoms with E-state index in [-0.39, 0.29) is 39.5 Å². The SMILES string of the molecule is COc1c([C@@H]2O[C@H](CO)[C@H](O)[C@H](O)[C@@H]2O[C@@H]2OC[C@](O)(CO)[C@H]2O)c(O)c2c(=O)cc(-c3ccc(O)cc3)oc2c1OC. The minimum atomic E-state index is -2.09. The van der Waals surface area contributed by atoms with Crippen molar-refractivity contribution < 1.29 is 69.0 Å². The highest BCUT2D eigenvalue weighted by Crippen LogP contribution is 2.51. The molecule has 8 atom stereocenters. The highest BCUT2D eigenvalue weighted by Gasteiger charge is 2.54. The van der Waals surface area contributed by atoms with Gasteiger partial charge in [-0.2, -0.15) is 0 Å². The predicted octanol–water partition coefficient (Wildman–Crippen LogP) is -1.13. The van der Waals surface area contributed by atoms with E-state index in [9.17, 15) is 45.6 Å². The lowest BCUT2D eigenvalue weighted by atomic mass is 9.89. The molecule has 234 valence electrons. The van der Waals surface area contributed by atoms with Gasteiger partial charge in [0.05, 0.1) is 39.6 Å². The normalized spacial score (nSPS) is 30.9. The van der Waals surface area contributed by atoms with Crippen molar-refractivity contribution in [2.75, 3.05) is 34.0 Å².